The first-order chi connectivity index (χ1) is 12.2. The number of nitrogens with zero attached hydrogens (tertiary/aromatic N) is 4. The van der Waals surface area contributed by atoms with E-state index in [9.17, 15) is 0 Å². The van der Waals surface area contributed by atoms with Gasteiger partial charge in [0.15, 0.2) is 11.6 Å². The summed E-state index contributed by atoms with van der Waals surface area (Å²) in [6.07, 6.45) is 7.47. The van der Waals surface area contributed by atoms with E-state index >= 15 is 0 Å². The molecule has 0 radical (unpaired) electrons. The molecule has 2 heterocycles. The second-order valence-electron chi connectivity index (χ2n) is 9.14. The van der Waals surface area contributed by atoms with E-state index in [1.807, 2.05) is 21.5 Å². The van der Waals surface area contributed by atoms with E-state index in [2.05, 4.69) is 49.3 Å². The van der Waals surface area contributed by atoms with Crippen LogP contribution in [0.15, 0.2) is 24.8 Å². The summed E-state index contributed by atoms with van der Waals surface area (Å²) in [5.74, 6) is 1.63. The minimum absolute atomic E-state index is 0.503. The summed E-state index contributed by atoms with van der Waals surface area (Å²) in [5, 5.41) is 0. The van der Waals surface area contributed by atoms with Gasteiger partial charge in [0, 0.05) is 54.1 Å². The molecule has 0 amide bonds. The number of aromatic nitrogens is 4. The zero-order valence-corrected chi connectivity index (χ0v) is 19.2. The lowest BCUT2D eigenvalue weighted by molar-refractivity contribution is 0.0844. The molecule has 0 aliphatic rings. The molecule has 0 spiro atoms. The Hall–Kier alpha value is -1.23. The summed E-state index contributed by atoms with van der Waals surface area (Å²) in [6.45, 7) is 16.7. The largest absolute Gasteiger partial charge is 0.361 e. The molecular formula is C18H34N4O2Si2. The second-order valence-corrected chi connectivity index (χ2v) is 20.4. The van der Waals surface area contributed by atoms with Crippen molar-refractivity contribution in [3.05, 3.63) is 24.8 Å². The van der Waals surface area contributed by atoms with E-state index in [4.69, 9.17) is 9.47 Å². The molecule has 0 aliphatic heterocycles. The molecule has 2 rings (SSSR count). The van der Waals surface area contributed by atoms with Crippen LogP contribution in [0.1, 0.15) is 0 Å². The quantitative estimate of drug-likeness (QED) is 0.419. The third kappa shape index (κ3) is 7.18. The third-order valence-electron chi connectivity index (χ3n) is 4.08. The highest BCUT2D eigenvalue weighted by atomic mass is 28.3. The van der Waals surface area contributed by atoms with E-state index < -0.39 is 16.1 Å². The third-order valence-corrected chi connectivity index (χ3v) is 7.49. The molecule has 0 unspecified atom stereocenters. The molecule has 6 nitrogen and oxygen atoms in total. The van der Waals surface area contributed by atoms with E-state index in [1.165, 1.54) is 0 Å². The Morgan fingerprint density at radius 1 is 0.731 bits per heavy atom. The van der Waals surface area contributed by atoms with Gasteiger partial charge in [0.25, 0.3) is 0 Å². The van der Waals surface area contributed by atoms with Crippen molar-refractivity contribution in [2.45, 2.75) is 64.8 Å². The van der Waals surface area contributed by atoms with E-state index in [0.29, 0.717) is 13.5 Å². The topological polar surface area (TPSA) is 54.1 Å². The van der Waals surface area contributed by atoms with Crippen LogP contribution in [-0.2, 0) is 22.9 Å². The monoisotopic (exact) mass is 394 g/mol. The first-order valence-corrected chi connectivity index (χ1v) is 16.8. The van der Waals surface area contributed by atoms with Gasteiger partial charge in [-0.25, -0.2) is 9.97 Å². The molecule has 8 heteroatoms. The lowest BCUT2D eigenvalue weighted by atomic mass is 10.5. The Balaban J connectivity index is 1.92. The lowest BCUT2D eigenvalue weighted by Crippen LogP contribution is -2.22. The van der Waals surface area contributed by atoms with Crippen LogP contribution in [0.4, 0.5) is 0 Å². The van der Waals surface area contributed by atoms with Gasteiger partial charge < -0.3 is 18.6 Å². The SMILES string of the molecule is C[Si](C)(C)CCOCn1ccnc1-c1nccn1COCC[Si](C)(C)C. The zero-order valence-electron chi connectivity index (χ0n) is 17.2. The Kier molecular flexibility index (Phi) is 7.39. The van der Waals surface area contributed by atoms with Gasteiger partial charge >= 0.3 is 0 Å². The molecule has 0 atom stereocenters. The fourth-order valence-electron chi connectivity index (χ4n) is 2.32. The molecule has 0 N–H and O–H groups in total. The van der Waals surface area contributed by atoms with Crippen LogP contribution in [-0.4, -0.2) is 48.5 Å². The van der Waals surface area contributed by atoms with Crippen LogP contribution in [0, 0.1) is 0 Å². The molecule has 146 valence electrons. The normalized spacial score (nSPS) is 12.7. The standard InChI is InChI=1S/C18H34N4O2Si2/c1-25(2,3)13-11-23-15-21-9-7-19-17(21)18-20-8-10-22(18)16-24-12-14-26(4,5)6/h7-10H,11-16H2,1-6H3. The summed E-state index contributed by atoms with van der Waals surface area (Å²) < 4.78 is 15.7. The highest BCUT2D eigenvalue weighted by Crippen LogP contribution is 2.17. The Morgan fingerprint density at radius 2 is 1.12 bits per heavy atom. The first kappa shape index (κ1) is 21.1. The predicted molar refractivity (Wildman–Crippen MR) is 112 cm³/mol. The van der Waals surface area contributed by atoms with Crippen LogP contribution < -0.4 is 0 Å². The maximum Gasteiger partial charge on any atom is 0.178 e. The van der Waals surface area contributed by atoms with E-state index in [0.717, 1.165) is 37.0 Å². The molecule has 0 saturated heterocycles. The van der Waals surface area contributed by atoms with Crippen molar-refractivity contribution in [2.24, 2.45) is 0 Å². The molecule has 2 aromatic rings. The minimum Gasteiger partial charge on any atom is -0.361 e. The fourth-order valence-corrected chi connectivity index (χ4v) is 3.83. The number of hydrogen-bond donors (Lipinski definition) is 0. The summed E-state index contributed by atoms with van der Waals surface area (Å²) >= 11 is 0. The van der Waals surface area contributed by atoms with Crippen LogP contribution in [0.3, 0.4) is 0 Å². The summed E-state index contributed by atoms with van der Waals surface area (Å²) in [6, 6.07) is 2.33. The summed E-state index contributed by atoms with van der Waals surface area (Å²) in [7, 11) is -2.13. The molecule has 26 heavy (non-hydrogen) atoms. The fraction of sp³-hybridized carbons (Fsp3) is 0.667. The number of hydrogen-bond acceptors (Lipinski definition) is 4. The Morgan fingerprint density at radius 3 is 1.46 bits per heavy atom. The van der Waals surface area contributed by atoms with Gasteiger partial charge in [-0.15, -0.1) is 0 Å². The van der Waals surface area contributed by atoms with Gasteiger partial charge in [-0.2, -0.15) is 0 Å². The van der Waals surface area contributed by atoms with Crippen molar-refractivity contribution in [2.75, 3.05) is 13.2 Å². The predicted octanol–water partition coefficient (Wildman–Crippen LogP) is 4.37. The van der Waals surface area contributed by atoms with Crippen molar-refractivity contribution < 1.29 is 9.47 Å². The molecular weight excluding hydrogens is 360 g/mol. The highest BCUT2D eigenvalue weighted by molar-refractivity contribution is 6.76. The zero-order chi connectivity index (χ0) is 19.2. The summed E-state index contributed by atoms with van der Waals surface area (Å²) in [5.41, 5.74) is 0. The second kappa shape index (κ2) is 9.12. The van der Waals surface area contributed by atoms with Gasteiger partial charge in [-0.3, -0.25) is 0 Å². The Labute approximate surface area is 159 Å². The molecule has 0 aromatic carbocycles. The molecule has 0 aliphatic carbocycles. The van der Waals surface area contributed by atoms with Crippen molar-refractivity contribution >= 4 is 16.1 Å². The van der Waals surface area contributed by atoms with Crippen molar-refractivity contribution in [1.29, 1.82) is 0 Å². The van der Waals surface area contributed by atoms with Crippen molar-refractivity contribution in [3.63, 3.8) is 0 Å². The van der Waals surface area contributed by atoms with Crippen molar-refractivity contribution in [3.8, 4) is 11.6 Å². The summed E-state index contributed by atoms with van der Waals surface area (Å²) in [4.78, 5) is 8.95. The van der Waals surface area contributed by atoms with Crippen LogP contribution in [0.25, 0.3) is 11.6 Å². The maximum atomic E-state index is 5.86. The number of imidazole rings is 2. The number of rotatable bonds is 11. The molecule has 0 saturated carbocycles. The first-order valence-electron chi connectivity index (χ1n) is 9.34. The number of ether oxygens (including phenoxy) is 2. The van der Waals surface area contributed by atoms with Crippen molar-refractivity contribution in [1.82, 2.24) is 19.1 Å². The van der Waals surface area contributed by atoms with Gasteiger partial charge in [0.2, 0.25) is 0 Å². The van der Waals surface area contributed by atoms with E-state index in [1.54, 1.807) is 12.4 Å². The lowest BCUT2D eigenvalue weighted by Gasteiger charge is -2.17. The average molecular weight is 395 g/mol. The van der Waals surface area contributed by atoms with Crippen LogP contribution in [0.2, 0.25) is 51.4 Å². The molecule has 2 aromatic heterocycles. The van der Waals surface area contributed by atoms with Gasteiger partial charge in [-0.1, -0.05) is 39.3 Å². The Bertz CT molecular complexity index is 613. The average Bonchev–Trinajstić information content (AvgIpc) is 3.14. The molecule has 0 fully saturated rings. The molecule has 0 bridgehead atoms. The van der Waals surface area contributed by atoms with Gasteiger partial charge in [0.1, 0.15) is 13.5 Å². The van der Waals surface area contributed by atoms with Crippen LogP contribution >= 0.6 is 0 Å². The highest BCUT2D eigenvalue weighted by Gasteiger charge is 2.15. The minimum atomic E-state index is -1.07. The van der Waals surface area contributed by atoms with E-state index in [-0.39, 0.29) is 0 Å². The maximum absolute atomic E-state index is 5.86. The smallest absolute Gasteiger partial charge is 0.178 e. The van der Waals surface area contributed by atoms with Crippen LogP contribution in [0.5, 0.6) is 0 Å². The van der Waals surface area contributed by atoms with Gasteiger partial charge in [-0.05, 0) is 12.1 Å². The van der Waals surface area contributed by atoms with Gasteiger partial charge in [0.05, 0.1) is 0 Å².